The molecule has 2 heterocycles. The van der Waals surface area contributed by atoms with Crippen molar-refractivity contribution < 1.29 is 27.4 Å². The van der Waals surface area contributed by atoms with Crippen LogP contribution in [0.3, 0.4) is 0 Å². The molecule has 2 aliphatic rings. The first-order valence-corrected chi connectivity index (χ1v) is 9.61. The highest BCUT2D eigenvalue weighted by atomic mass is 19.4. The number of ether oxygens (including phenoxy) is 2. The number of alkyl halides is 3. The smallest absolute Gasteiger partial charge is 0.416 e. The Morgan fingerprint density at radius 2 is 1.66 bits per heavy atom. The van der Waals surface area contributed by atoms with Gasteiger partial charge in [0.15, 0.2) is 5.78 Å². The van der Waals surface area contributed by atoms with Crippen molar-refractivity contribution in [3.63, 3.8) is 0 Å². The summed E-state index contributed by atoms with van der Waals surface area (Å²) in [6.45, 7) is 7.52. The molecule has 2 aliphatic heterocycles. The largest absolute Gasteiger partial charge is 0.487 e. The molecule has 6 heteroatoms. The second-order valence-corrected chi connectivity index (χ2v) is 9.09. The lowest BCUT2D eigenvalue weighted by Crippen LogP contribution is -2.38. The summed E-state index contributed by atoms with van der Waals surface area (Å²) in [6.07, 6.45) is -3.66. The molecule has 29 heavy (non-hydrogen) atoms. The van der Waals surface area contributed by atoms with E-state index in [2.05, 4.69) is 0 Å². The monoisotopic (exact) mass is 404 g/mol. The molecule has 0 N–H and O–H groups in total. The molecule has 0 saturated heterocycles. The number of hydrogen-bond donors (Lipinski definition) is 0. The number of carbonyl (C=O) groups is 1. The molecule has 4 rings (SSSR count). The van der Waals surface area contributed by atoms with E-state index in [1.54, 1.807) is 18.2 Å². The average molecular weight is 404 g/mol. The van der Waals surface area contributed by atoms with Crippen LogP contribution < -0.4 is 9.47 Å². The van der Waals surface area contributed by atoms with E-state index in [9.17, 15) is 18.0 Å². The van der Waals surface area contributed by atoms with E-state index in [-0.39, 0.29) is 18.1 Å². The van der Waals surface area contributed by atoms with Crippen molar-refractivity contribution in [1.29, 1.82) is 0 Å². The Kier molecular flexibility index (Phi) is 4.27. The Bertz CT molecular complexity index is 989. The summed E-state index contributed by atoms with van der Waals surface area (Å²) in [5.74, 6) is 0.661. The zero-order chi connectivity index (χ0) is 21.2. The van der Waals surface area contributed by atoms with Crippen molar-refractivity contribution in [2.75, 3.05) is 0 Å². The third-order valence-corrected chi connectivity index (χ3v) is 5.46. The van der Waals surface area contributed by atoms with Gasteiger partial charge in [-0.25, -0.2) is 0 Å². The van der Waals surface area contributed by atoms with Gasteiger partial charge in [-0.15, -0.1) is 0 Å². The third kappa shape index (κ3) is 3.72. The van der Waals surface area contributed by atoms with Gasteiger partial charge in [0.2, 0.25) is 0 Å². The second-order valence-electron chi connectivity index (χ2n) is 9.09. The van der Waals surface area contributed by atoms with Gasteiger partial charge in [0, 0.05) is 17.5 Å². The minimum Gasteiger partial charge on any atom is -0.487 e. The van der Waals surface area contributed by atoms with Gasteiger partial charge in [-0.3, -0.25) is 4.79 Å². The van der Waals surface area contributed by atoms with Crippen molar-refractivity contribution in [3.05, 3.63) is 58.7 Å². The molecule has 0 aliphatic carbocycles. The minimum absolute atomic E-state index is 0.0355. The summed E-state index contributed by atoms with van der Waals surface area (Å²) >= 11 is 0. The van der Waals surface area contributed by atoms with E-state index < -0.39 is 22.9 Å². The molecule has 1 unspecified atom stereocenters. The Morgan fingerprint density at radius 1 is 0.966 bits per heavy atom. The van der Waals surface area contributed by atoms with E-state index in [4.69, 9.17) is 9.47 Å². The second kappa shape index (κ2) is 6.25. The molecule has 0 amide bonds. The normalized spacial score (nSPS) is 22.2. The van der Waals surface area contributed by atoms with Crippen LogP contribution in [0.1, 0.15) is 73.5 Å². The first-order chi connectivity index (χ1) is 13.3. The fourth-order valence-corrected chi connectivity index (χ4v) is 4.23. The molecule has 0 aromatic heterocycles. The third-order valence-electron chi connectivity index (χ3n) is 5.46. The molecule has 0 saturated carbocycles. The number of ketones is 1. The predicted octanol–water partition coefficient (Wildman–Crippen LogP) is 6.14. The van der Waals surface area contributed by atoms with Crippen LogP contribution in [0.5, 0.6) is 11.5 Å². The fraction of sp³-hybridized carbons (Fsp3) is 0.435. The number of fused-ring (bicyclic) bond motifs is 2. The van der Waals surface area contributed by atoms with Crippen molar-refractivity contribution in [2.45, 2.75) is 63.8 Å². The standard InChI is InChI=1S/C23H23F3O3/c1-21(2)11-17(13-6-5-7-14(8-13)23(24,25)26)15-9-16-18(27)12-22(3,4)29-20(16)10-19(15)28-21/h5-10,17H,11-12H2,1-4H3. The Morgan fingerprint density at radius 3 is 2.34 bits per heavy atom. The first-order valence-electron chi connectivity index (χ1n) is 9.61. The maximum Gasteiger partial charge on any atom is 0.416 e. The van der Waals surface area contributed by atoms with Crippen molar-refractivity contribution in [2.24, 2.45) is 0 Å². The zero-order valence-corrected chi connectivity index (χ0v) is 16.8. The Balaban J connectivity index is 1.85. The lowest BCUT2D eigenvalue weighted by atomic mass is 9.78. The zero-order valence-electron chi connectivity index (χ0n) is 16.8. The summed E-state index contributed by atoms with van der Waals surface area (Å²) < 4.78 is 51.8. The molecule has 3 nitrogen and oxygen atoms in total. The summed E-state index contributed by atoms with van der Waals surface area (Å²) in [5.41, 5.74) is -0.124. The molecule has 0 bridgehead atoms. The molecule has 0 spiro atoms. The van der Waals surface area contributed by atoms with Gasteiger partial charge in [0.05, 0.1) is 17.5 Å². The maximum absolute atomic E-state index is 13.2. The van der Waals surface area contributed by atoms with E-state index in [0.29, 0.717) is 29.0 Å². The Hall–Kier alpha value is -2.50. The summed E-state index contributed by atoms with van der Waals surface area (Å²) in [7, 11) is 0. The van der Waals surface area contributed by atoms with Crippen LogP contribution in [0, 0.1) is 0 Å². The van der Waals surface area contributed by atoms with Crippen LogP contribution in [-0.4, -0.2) is 17.0 Å². The van der Waals surface area contributed by atoms with Crippen LogP contribution in [0.15, 0.2) is 36.4 Å². The van der Waals surface area contributed by atoms with E-state index >= 15 is 0 Å². The number of halogens is 3. The van der Waals surface area contributed by atoms with Crippen molar-refractivity contribution in [1.82, 2.24) is 0 Å². The van der Waals surface area contributed by atoms with Gasteiger partial charge in [-0.05, 0) is 51.8 Å². The number of Topliss-reactive ketones (excluding diaryl/α,β-unsaturated/α-hetero) is 1. The predicted molar refractivity (Wildman–Crippen MR) is 103 cm³/mol. The molecule has 0 radical (unpaired) electrons. The molecule has 2 aromatic carbocycles. The van der Waals surface area contributed by atoms with Crippen molar-refractivity contribution in [3.8, 4) is 11.5 Å². The molecule has 154 valence electrons. The lowest BCUT2D eigenvalue weighted by molar-refractivity contribution is -0.137. The van der Waals surface area contributed by atoms with Crippen LogP contribution in [0.4, 0.5) is 13.2 Å². The highest BCUT2D eigenvalue weighted by Crippen LogP contribution is 2.48. The average Bonchev–Trinajstić information content (AvgIpc) is 2.57. The van der Waals surface area contributed by atoms with Crippen LogP contribution in [0.25, 0.3) is 0 Å². The molecule has 0 fully saturated rings. The van der Waals surface area contributed by atoms with Gasteiger partial charge in [0.1, 0.15) is 22.7 Å². The SMILES string of the molecule is CC1(C)CC(=O)c2cc3c(cc2O1)OC(C)(C)CC3c1cccc(C(F)(F)F)c1. The number of rotatable bonds is 1. The van der Waals surface area contributed by atoms with Crippen molar-refractivity contribution >= 4 is 5.78 Å². The topological polar surface area (TPSA) is 35.5 Å². The van der Waals surface area contributed by atoms with Gasteiger partial charge < -0.3 is 9.47 Å². The van der Waals surface area contributed by atoms with Crippen LogP contribution in [0.2, 0.25) is 0 Å². The quantitative estimate of drug-likeness (QED) is 0.573. The molecule has 1 atom stereocenters. The minimum atomic E-state index is -4.41. The lowest BCUT2D eigenvalue weighted by Gasteiger charge is -2.40. The fourth-order valence-electron chi connectivity index (χ4n) is 4.23. The van der Waals surface area contributed by atoms with E-state index in [1.807, 2.05) is 27.7 Å². The summed E-state index contributed by atoms with van der Waals surface area (Å²) in [4.78, 5) is 12.7. The number of carbonyl (C=O) groups excluding carboxylic acids is 1. The maximum atomic E-state index is 13.2. The highest BCUT2D eigenvalue weighted by molar-refractivity contribution is 6.00. The van der Waals surface area contributed by atoms with Crippen LogP contribution >= 0.6 is 0 Å². The van der Waals surface area contributed by atoms with Crippen LogP contribution in [-0.2, 0) is 6.18 Å². The first kappa shape index (κ1) is 19.8. The number of benzene rings is 2. The van der Waals surface area contributed by atoms with E-state index in [1.165, 1.54) is 12.1 Å². The molecular formula is C23H23F3O3. The van der Waals surface area contributed by atoms with E-state index in [0.717, 1.165) is 11.6 Å². The molecular weight excluding hydrogens is 381 g/mol. The summed E-state index contributed by atoms with van der Waals surface area (Å²) in [5, 5.41) is 0. The van der Waals surface area contributed by atoms with Gasteiger partial charge in [-0.1, -0.05) is 18.2 Å². The van der Waals surface area contributed by atoms with Gasteiger partial charge in [-0.2, -0.15) is 13.2 Å². The van der Waals surface area contributed by atoms with Gasteiger partial charge >= 0.3 is 6.18 Å². The Labute approximate surface area is 167 Å². The summed E-state index contributed by atoms with van der Waals surface area (Å²) in [6, 6.07) is 8.84. The van der Waals surface area contributed by atoms with Gasteiger partial charge in [0.25, 0.3) is 0 Å². The molecule has 2 aromatic rings. The highest BCUT2D eigenvalue weighted by Gasteiger charge is 2.40. The number of hydrogen-bond acceptors (Lipinski definition) is 3.